The van der Waals surface area contributed by atoms with Gasteiger partial charge in [0.1, 0.15) is 5.82 Å². The van der Waals surface area contributed by atoms with Gasteiger partial charge in [-0.3, -0.25) is 0 Å². The molecular formula is C6H11BN2O2. The van der Waals surface area contributed by atoms with E-state index in [0.29, 0.717) is 5.82 Å². The summed E-state index contributed by atoms with van der Waals surface area (Å²) in [6.07, 6.45) is 3.67. The summed E-state index contributed by atoms with van der Waals surface area (Å²) in [5.74, 6) is 0.711. The number of hydrogen-bond acceptors (Lipinski definition) is 3. The van der Waals surface area contributed by atoms with E-state index in [2.05, 4.69) is 4.98 Å². The second-order valence-corrected chi connectivity index (χ2v) is 2.31. The van der Waals surface area contributed by atoms with Crippen LogP contribution in [0.3, 0.4) is 0 Å². The van der Waals surface area contributed by atoms with Crippen LogP contribution in [-0.4, -0.2) is 26.7 Å². The monoisotopic (exact) mass is 154 g/mol. The molecular weight excluding hydrogens is 143 g/mol. The SMILES string of the molecule is CCn1ccnc1CB(O)O. The van der Waals surface area contributed by atoms with Crippen LogP contribution >= 0.6 is 0 Å². The van der Waals surface area contributed by atoms with Gasteiger partial charge >= 0.3 is 7.12 Å². The van der Waals surface area contributed by atoms with Crippen LogP contribution in [0.4, 0.5) is 0 Å². The molecule has 0 unspecified atom stereocenters. The molecule has 1 rings (SSSR count). The van der Waals surface area contributed by atoms with Gasteiger partial charge in [-0.1, -0.05) is 0 Å². The van der Waals surface area contributed by atoms with Crippen molar-refractivity contribution < 1.29 is 10.0 Å². The normalized spacial score (nSPS) is 10.1. The third-order valence-electron chi connectivity index (χ3n) is 1.51. The maximum Gasteiger partial charge on any atom is 0.459 e. The lowest BCUT2D eigenvalue weighted by atomic mass is 9.86. The predicted molar refractivity (Wildman–Crippen MR) is 41.8 cm³/mol. The van der Waals surface area contributed by atoms with Crippen molar-refractivity contribution in [3.05, 3.63) is 18.2 Å². The summed E-state index contributed by atoms with van der Waals surface area (Å²) >= 11 is 0. The largest absolute Gasteiger partial charge is 0.459 e. The highest BCUT2D eigenvalue weighted by Gasteiger charge is 2.11. The Kier molecular flexibility index (Phi) is 2.67. The first-order valence-electron chi connectivity index (χ1n) is 3.60. The van der Waals surface area contributed by atoms with Gasteiger partial charge in [0, 0.05) is 25.3 Å². The highest BCUT2D eigenvalue weighted by molar-refractivity contribution is 6.40. The number of nitrogens with zero attached hydrogens (tertiary/aromatic N) is 2. The number of imidazole rings is 1. The van der Waals surface area contributed by atoms with E-state index < -0.39 is 7.12 Å². The van der Waals surface area contributed by atoms with Gasteiger partial charge in [0.2, 0.25) is 0 Å². The quantitative estimate of drug-likeness (QED) is 0.574. The number of aryl methyl sites for hydroxylation is 1. The van der Waals surface area contributed by atoms with Gasteiger partial charge in [-0.2, -0.15) is 0 Å². The molecule has 0 aromatic carbocycles. The summed E-state index contributed by atoms with van der Waals surface area (Å²) in [6.45, 7) is 2.79. The molecule has 0 saturated carbocycles. The molecule has 0 saturated heterocycles. The highest BCUT2D eigenvalue weighted by Crippen LogP contribution is 1.98. The maximum atomic E-state index is 8.65. The Bertz CT molecular complexity index is 224. The van der Waals surface area contributed by atoms with Crippen molar-refractivity contribution >= 4 is 7.12 Å². The lowest BCUT2D eigenvalue weighted by molar-refractivity contribution is 0.402. The summed E-state index contributed by atoms with van der Waals surface area (Å²) in [6, 6.07) is 0. The minimum absolute atomic E-state index is 0.195. The summed E-state index contributed by atoms with van der Waals surface area (Å²) in [4.78, 5) is 3.97. The van der Waals surface area contributed by atoms with Crippen molar-refractivity contribution in [3.8, 4) is 0 Å². The van der Waals surface area contributed by atoms with Crippen molar-refractivity contribution in [2.75, 3.05) is 0 Å². The summed E-state index contributed by atoms with van der Waals surface area (Å²) < 4.78 is 1.87. The van der Waals surface area contributed by atoms with Gasteiger partial charge in [0.05, 0.1) is 0 Å². The average molecular weight is 154 g/mol. The Morgan fingerprint density at radius 1 is 1.64 bits per heavy atom. The molecule has 4 nitrogen and oxygen atoms in total. The molecule has 0 aliphatic carbocycles. The Hall–Kier alpha value is -0.805. The van der Waals surface area contributed by atoms with Gasteiger partial charge in [-0.05, 0) is 6.92 Å². The minimum Gasteiger partial charge on any atom is -0.427 e. The number of rotatable bonds is 3. The highest BCUT2D eigenvalue weighted by atomic mass is 16.4. The Labute approximate surface area is 65.6 Å². The second-order valence-electron chi connectivity index (χ2n) is 2.31. The van der Waals surface area contributed by atoms with Crippen molar-refractivity contribution in [1.29, 1.82) is 0 Å². The Morgan fingerprint density at radius 3 is 2.91 bits per heavy atom. The summed E-state index contributed by atoms with van der Waals surface area (Å²) in [5.41, 5.74) is 0. The third kappa shape index (κ3) is 2.06. The van der Waals surface area contributed by atoms with Crippen molar-refractivity contribution in [3.63, 3.8) is 0 Å². The number of aromatic nitrogens is 2. The molecule has 2 N–H and O–H groups in total. The molecule has 60 valence electrons. The summed E-state index contributed by atoms with van der Waals surface area (Å²) in [5, 5.41) is 17.3. The van der Waals surface area contributed by atoms with Gasteiger partial charge in [0.25, 0.3) is 0 Å². The zero-order valence-electron chi connectivity index (χ0n) is 6.44. The second kappa shape index (κ2) is 3.55. The van der Waals surface area contributed by atoms with E-state index in [4.69, 9.17) is 10.0 Å². The van der Waals surface area contributed by atoms with Crippen LogP contribution in [0.2, 0.25) is 0 Å². The molecule has 1 heterocycles. The molecule has 0 spiro atoms. The van der Waals surface area contributed by atoms with Gasteiger partial charge in [-0.15, -0.1) is 0 Å². The molecule has 0 bridgehead atoms. The van der Waals surface area contributed by atoms with Crippen molar-refractivity contribution in [1.82, 2.24) is 9.55 Å². The number of hydrogen-bond donors (Lipinski definition) is 2. The first-order chi connectivity index (χ1) is 5.24. The van der Waals surface area contributed by atoms with Crippen LogP contribution in [0.1, 0.15) is 12.7 Å². The molecule has 1 aromatic heterocycles. The van der Waals surface area contributed by atoms with E-state index in [-0.39, 0.29) is 6.32 Å². The molecule has 1 aromatic rings. The van der Waals surface area contributed by atoms with E-state index in [9.17, 15) is 0 Å². The van der Waals surface area contributed by atoms with Crippen molar-refractivity contribution in [2.24, 2.45) is 0 Å². The minimum atomic E-state index is -1.30. The zero-order chi connectivity index (χ0) is 8.27. The van der Waals surface area contributed by atoms with Crippen LogP contribution in [-0.2, 0) is 12.9 Å². The first kappa shape index (κ1) is 8.29. The standard InChI is InChI=1S/C6H11BN2O2/c1-2-9-4-3-8-6(9)5-7(10)11/h3-4,10-11H,2,5H2,1H3. The lowest BCUT2D eigenvalue weighted by Crippen LogP contribution is -2.18. The van der Waals surface area contributed by atoms with Crippen LogP contribution in [0.25, 0.3) is 0 Å². The molecule has 0 aliphatic heterocycles. The van der Waals surface area contributed by atoms with Gasteiger partial charge in [-0.25, -0.2) is 4.98 Å². The van der Waals surface area contributed by atoms with Gasteiger partial charge < -0.3 is 14.6 Å². The van der Waals surface area contributed by atoms with Crippen LogP contribution in [0.5, 0.6) is 0 Å². The predicted octanol–water partition coefficient (Wildman–Crippen LogP) is -0.543. The molecule has 0 fully saturated rings. The average Bonchev–Trinajstić information content (AvgIpc) is 2.34. The van der Waals surface area contributed by atoms with Gasteiger partial charge in [0.15, 0.2) is 0 Å². The van der Waals surface area contributed by atoms with Crippen LogP contribution in [0, 0.1) is 0 Å². The molecule has 0 amide bonds. The zero-order valence-corrected chi connectivity index (χ0v) is 6.44. The van der Waals surface area contributed by atoms with E-state index in [1.54, 1.807) is 6.20 Å². The Morgan fingerprint density at radius 2 is 2.36 bits per heavy atom. The molecule has 0 aliphatic rings. The van der Waals surface area contributed by atoms with E-state index in [1.165, 1.54) is 0 Å². The van der Waals surface area contributed by atoms with Crippen molar-refractivity contribution in [2.45, 2.75) is 19.8 Å². The smallest absolute Gasteiger partial charge is 0.427 e. The molecule has 0 radical (unpaired) electrons. The fourth-order valence-corrected chi connectivity index (χ4v) is 0.981. The maximum absolute atomic E-state index is 8.65. The third-order valence-corrected chi connectivity index (χ3v) is 1.51. The van der Waals surface area contributed by atoms with E-state index >= 15 is 0 Å². The molecule has 0 atom stereocenters. The van der Waals surface area contributed by atoms with Crippen LogP contribution in [0.15, 0.2) is 12.4 Å². The fourth-order valence-electron chi connectivity index (χ4n) is 0.981. The molecule has 5 heteroatoms. The molecule has 11 heavy (non-hydrogen) atoms. The topological polar surface area (TPSA) is 58.3 Å². The van der Waals surface area contributed by atoms with Crippen LogP contribution < -0.4 is 0 Å². The Balaban J connectivity index is 2.68. The fraction of sp³-hybridized carbons (Fsp3) is 0.500. The summed E-state index contributed by atoms with van der Waals surface area (Å²) in [7, 11) is -1.30. The van der Waals surface area contributed by atoms with E-state index in [0.717, 1.165) is 6.54 Å². The lowest BCUT2D eigenvalue weighted by Gasteiger charge is -2.02. The first-order valence-corrected chi connectivity index (χ1v) is 3.60. The van der Waals surface area contributed by atoms with E-state index in [1.807, 2.05) is 17.7 Å².